The predicted octanol–water partition coefficient (Wildman–Crippen LogP) is 2.88. The Bertz CT molecular complexity index is 469. The molecule has 0 aliphatic carbocycles. The van der Waals surface area contributed by atoms with Gasteiger partial charge in [0, 0.05) is 19.6 Å². The number of benzene rings is 1. The molecule has 0 radical (unpaired) electrons. The SMILES string of the molecule is COc1cc(CNC(=O)N2CCCCCCC2)ccc1O. The molecule has 1 heterocycles. The van der Waals surface area contributed by atoms with Gasteiger partial charge < -0.3 is 20.1 Å². The summed E-state index contributed by atoms with van der Waals surface area (Å²) in [6, 6.07) is 5.09. The number of rotatable bonds is 3. The average molecular weight is 292 g/mol. The van der Waals surface area contributed by atoms with E-state index in [0.29, 0.717) is 12.3 Å². The van der Waals surface area contributed by atoms with E-state index in [4.69, 9.17) is 4.74 Å². The average Bonchev–Trinajstić information content (AvgIpc) is 2.45. The van der Waals surface area contributed by atoms with Crippen LogP contribution in [0.25, 0.3) is 0 Å². The summed E-state index contributed by atoms with van der Waals surface area (Å²) in [6.45, 7) is 2.11. The fourth-order valence-electron chi connectivity index (χ4n) is 2.57. The molecule has 1 aliphatic heterocycles. The van der Waals surface area contributed by atoms with Gasteiger partial charge in [0.25, 0.3) is 0 Å². The normalized spacial score (nSPS) is 16.0. The first-order valence-corrected chi connectivity index (χ1v) is 7.59. The van der Waals surface area contributed by atoms with Crippen molar-refractivity contribution in [2.75, 3.05) is 20.2 Å². The molecule has 2 N–H and O–H groups in total. The Morgan fingerprint density at radius 3 is 2.57 bits per heavy atom. The summed E-state index contributed by atoms with van der Waals surface area (Å²) in [7, 11) is 1.51. The van der Waals surface area contributed by atoms with E-state index in [2.05, 4.69) is 5.32 Å². The molecule has 5 heteroatoms. The third kappa shape index (κ3) is 4.55. The first-order chi connectivity index (χ1) is 10.2. The van der Waals surface area contributed by atoms with Crippen molar-refractivity contribution in [1.82, 2.24) is 10.2 Å². The quantitative estimate of drug-likeness (QED) is 0.900. The minimum Gasteiger partial charge on any atom is -0.504 e. The summed E-state index contributed by atoms with van der Waals surface area (Å²) >= 11 is 0. The lowest BCUT2D eigenvalue weighted by molar-refractivity contribution is 0.192. The Morgan fingerprint density at radius 1 is 1.24 bits per heavy atom. The number of methoxy groups -OCH3 is 1. The van der Waals surface area contributed by atoms with Crippen LogP contribution in [0.4, 0.5) is 4.79 Å². The van der Waals surface area contributed by atoms with Crippen molar-refractivity contribution < 1.29 is 14.6 Å². The Balaban J connectivity index is 1.87. The lowest BCUT2D eigenvalue weighted by Gasteiger charge is -2.25. The maximum absolute atomic E-state index is 12.2. The number of amides is 2. The molecule has 5 nitrogen and oxygen atoms in total. The second-order valence-electron chi connectivity index (χ2n) is 5.42. The minimum absolute atomic E-state index is 0.0102. The molecular formula is C16H24N2O3. The van der Waals surface area contributed by atoms with E-state index in [9.17, 15) is 9.90 Å². The van der Waals surface area contributed by atoms with Crippen LogP contribution in [0, 0.1) is 0 Å². The van der Waals surface area contributed by atoms with Gasteiger partial charge in [0.15, 0.2) is 11.5 Å². The number of hydrogen-bond donors (Lipinski definition) is 2. The van der Waals surface area contributed by atoms with Crippen LogP contribution in [0.1, 0.15) is 37.7 Å². The van der Waals surface area contributed by atoms with Crippen molar-refractivity contribution in [3.8, 4) is 11.5 Å². The number of phenolic OH excluding ortho intramolecular Hbond substituents is 1. The lowest BCUT2D eigenvalue weighted by Crippen LogP contribution is -2.41. The van der Waals surface area contributed by atoms with Gasteiger partial charge in [-0.2, -0.15) is 0 Å². The van der Waals surface area contributed by atoms with Crippen LogP contribution in [0.5, 0.6) is 11.5 Å². The fraction of sp³-hybridized carbons (Fsp3) is 0.562. The number of urea groups is 1. The summed E-state index contributed by atoms with van der Waals surface area (Å²) in [4.78, 5) is 14.1. The van der Waals surface area contributed by atoms with E-state index in [1.165, 1.54) is 26.4 Å². The highest BCUT2D eigenvalue weighted by Crippen LogP contribution is 2.26. The molecule has 1 aliphatic rings. The first kappa shape index (κ1) is 15.5. The number of ether oxygens (including phenoxy) is 1. The van der Waals surface area contributed by atoms with E-state index in [1.54, 1.807) is 18.2 Å². The van der Waals surface area contributed by atoms with Gasteiger partial charge in [0.2, 0.25) is 0 Å². The van der Waals surface area contributed by atoms with Crippen LogP contribution in [-0.2, 0) is 6.54 Å². The zero-order valence-electron chi connectivity index (χ0n) is 12.6. The summed E-state index contributed by atoms with van der Waals surface area (Å²) in [5, 5.41) is 12.5. The van der Waals surface area contributed by atoms with Crippen LogP contribution in [0.3, 0.4) is 0 Å². The Hall–Kier alpha value is -1.91. The van der Waals surface area contributed by atoms with Crippen molar-refractivity contribution in [3.05, 3.63) is 23.8 Å². The monoisotopic (exact) mass is 292 g/mol. The van der Waals surface area contributed by atoms with Crippen LogP contribution in [0.2, 0.25) is 0 Å². The van der Waals surface area contributed by atoms with E-state index < -0.39 is 0 Å². The Labute approximate surface area is 125 Å². The molecule has 2 rings (SSSR count). The van der Waals surface area contributed by atoms with E-state index in [1.807, 2.05) is 4.90 Å². The zero-order chi connectivity index (χ0) is 15.1. The second-order valence-corrected chi connectivity index (χ2v) is 5.42. The van der Waals surface area contributed by atoms with Crippen LogP contribution >= 0.6 is 0 Å². The third-order valence-corrected chi connectivity index (χ3v) is 3.83. The van der Waals surface area contributed by atoms with Crippen molar-refractivity contribution in [2.45, 2.75) is 38.6 Å². The zero-order valence-corrected chi connectivity index (χ0v) is 12.6. The maximum atomic E-state index is 12.2. The Morgan fingerprint density at radius 2 is 1.90 bits per heavy atom. The lowest BCUT2D eigenvalue weighted by atomic mass is 10.1. The van der Waals surface area contributed by atoms with Crippen molar-refractivity contribution >= 4 is 6.03 Å². The number of likely N-dealkylation sites (tertiary alicyclic amines) is 1. The van der Waals surface area contributed by atoms with Gasteiger partial charge in [0.05, 0.1) is 7.11 Å². The molecule has 1 aromatic carbocycles. The maximum Gasteiger partial charge on any atom is 0.317 e. The van der Waals surface area contributed by atoms with Gasteiger partial charge in [-0.15, -0.1) is 0 Å². The first-order valence-electron chi connectivity index (χ1n) is 7.59. The smallest absolute Gasteiger partial charge is 0.317 e. The number of hydrogen-bond acceptors (Lipinski definition) is 3. The number of nitrogens with zero attached hydrogens (tertiary/aromatic N) is 1. The molecular weight excluding hydrogens is 268 g/mol. The van der Waals surface area contributed by atoms with E-state index >= 15 is 0 Å². The van der Waals surface area contributed by atoms with Gasteiger partial charge >= 0.3 is 6.03 Å². The van der Waals surface area contributed by atoms with Gasteiger partial charge in [-0.25, -0.2) is 4.79 Å². The highest BCUT2D eigenvalue weighted by molar-refractivity contribution is 5.74. The number of carbonyl (C=O) groups is 1. The highest BCUT2D eigenvalue weighted by Gasteiger charge is 2.14. The molecule has 2 amide bonds. The summed E-state index contributed by atoms with van der Waals surface area (Å²) in [5.41, 5.74) is 0.907. The minimum atomic E-state index is -0.0102. The van der Waals surface area contributed by atoms with Gasteiger partial charge in [-0.3, -0.25) is 0 Å². The van der Waals surface area contributed by atoms with Crippen molar-refractivity contribution in [3.63, 3.8) is 0 Å². The molecule has 21 heavy (non-hydrogen) atoms. The molecule has 1 aromatic rings. The number of aromatic hydroxyl groups is 1. The molecule has 0 spiro atoms. The van der Waals surface area contributed by atoms with Gasteiger partial charge in [-0.1, -0.05) is 25.3 Å². The van der Waals surface area contributed by atoms with E-state index in [-0.39, 0.29) is 11.8 Å². The molecule has 0 saturated carbocycles. The largest absolute Gasteiger partial charge is 0.504 e. The van der Waals surface area contributed by atoms with Gasteiger partial charge in [-0.05, 0) is 30.5 Å². The van der Waals surface area contributed by atoms with Crippen LogP contribution < -0.4 is 10.1 Å². The molecule has 1 fully saturated rings. The number of phenols is 1. The van der Waals surface area contributed by atoms with Crippen molar-refractivity contribution in [2.24, 2.45) is 0 Å². The molecule has 0 unspecified atom stereocenters. The predicted molar refractivity (Wildman–Crippen MR) is 81.6 cm³/mol. The molecule has 1 saturated heterocycles. The van der Waals surface area contributed by atoms with E-state index in [0.717, 1.165) is 31.5 Å². The number of carbonyl (C=O) groups excluding carboxylic acids is 1. The summed E-state index contributed by atoms with van der Waals surface area (Å²) in [6.07, 6.45) is 5.86. The highest BCUT2D eigenvalue weighted by atomic mass is 16.5. The topological polar surface area (TPSA) is 61.8 Å². The summed E-state index contributed by atoms with van der Waals surface area (Å²) in [5.74, 6) is 0.532. The molecule has 0 bridgehead atoms. The molecule has 116 valence electrons. The third-order valence-electron chi connectivity index (χ3n) is 3.83. The molecule has 0 aromatic heterocycles. The fourth-order valence-corrected chi connectivity index (χ4v) is 2.57. The van der Waals surface area contributed by atoms with Gasteiger partial charge in [0.1, 0.15) is 0 Å². The second kappa shape index (κ2) is 7.76. The van der Waals surface area contributed by atoms with Crippen molar-refractivity contribution in [1.29, 1.82) is 0 Å². The van der Waals surface area contributed by atoms with Crippen LogP contribution in [-0.4, -0.2) is 36.2 Å². The Kier molecular flexibility index (Phi) is 5.72. The number of nitrogens with one attached hydrogen (secondary N) is 1. The standard InChI is InChI=1S/C16H24N2O3/c1-21-15-11-13(7-8-14(15)19)12-17-16(20)18-9-5-3-2-4-6-10-18/h7-8,11,19H,2-6,9-10,12H2,1H3,(H,17,20). The summed E-state index contributed by atoms with van der Waals surface area (Å²) < 4.78 is 5.07. The van der Waals surface area contributed by atoms with Crippen LogP contribution in [0.15, 0.2) is 18.2 Å². The molecule has 0 atom stereocenters.